The molecular formula is C33H38N6O3. The van der Waals surface area contributed by atoms with Crippen molar-refractivity contribution in [2.45, 2.75) is 84.0 Å². The Kier molecular flexibility index (Phi) is 6.36. The van der Waals surface area contributed by atoms with Gasteiger partial charge < -0.3 is 19.5 Å². The van der Waals surface area contributed by atoms with Gasteiger partial charge in [-0.3, -0.25) is 9.48 Å². The van der Waals surface area contributed by atoms with Gasteiger partial charge in [0.15, 0.2) is 0 Å². The van der Waals surface area contributed by atoms with Crippen molar-refractivity contribution in [2.75, 3.05) is 13.1 Å². The Morgan fingerprint density at radius 2 is 1.88 bits per heavy atom. The number of carbonyl (C=O) groups excluding carboxylic acids is 2. The first-order valence-electron chi connectivity index (χ1n) is 15.1. The summed E-state index contributed by atoms with van der Waals surface area (Å²) in [6, 6.07) is 6.98. The van der Waals surface area contributed by atoms with Crippen molar-refractivity contribution in [3.63, 3.8) is 0 Å². The monoisotopic (exact) mass is 566 g/mol. The lowest BCUT2D eigenvalue weighted by Crippen LogP contribution is -2.39. The minimum atomic E-state index is -0.574. The molecule has 2 aliphatic heterocycles. The number of ether oxygens (including phenoxy) is 1. The first kappa shape index (κ1) is 26.7. The van der Waals surface area contributed by atoms with Crippen LogP contribution in [0.2, 0.25) is 0 Å². The summed E-state index contributed by atoms with van der Waals surface area (Å²) in [5.74, 6) is 0.00980. The average Bonchev–Trinajstić information content (AvgIpc) is 3.33. The maximum absolute atomic E-state index is 13.6. The smallest absolute Gasteiger partial charge is 0.410 e. The van der Waals surface area contributed by atoms with Gasteiger partial charge in [0.25, 0.3) is 5.91 Å². The fourth-order valence-electron chi connectivity index (χ4n) is 6.43. The van der Waals surface area contributed by atoms with E-state index in [9.17, 15) is 9.59 Å². The normalized spacial score (nSPS) is 18.9. The van der Waals surface area contributed by atoms with Crippen LogP contribution in [0.1, 0.15) is 91.1 Å². The number of hydrogen-bond acceptors (Lipinski definition) is 5. The van der Waals surface area contributed by atoms with E-state index in [4.69, 9.17) is 4.74 Å². The van der Waals surface area contributed by atoms with Gasteiger partial charge in [0.05, 0.1) is 23.8 Å². The van der Waals surface area contributed by atoms with E-state index in [-0.39, 0.29) is 18.0 Å². The van der Waals surface area contributed by atoms with Crippen LogP contribution in [0.25, 0.3) is 22.2 Å². The van der Waals surface area contributed by atoms with E-state index >= 15 is 0 Å². The summed E-state index contributed by atoms with van der Waals surface area (Å²) >= 11 is 0. The topological polar surface area (TPSA) is 96.3 Å². The first-order valence-corrected chi connectivity index (χ1v) is 15.1. The Labute approximate surface area is 245 Å². The van der Waals surface area contributed by atoms with Crippen LogP contribution in [0, 0.1) is 6.92 Å². The van der Waals surface area contributed by atoms with Gasteiger partial charge in [0, 0.05) is 49.2 Å². The molecule has 1 unspecified atom stereocenters. The third-order valence-electron chi connectivity index (χ3n) is 8.74. The molecule has 7 rings (SSSR count). The number of fused-ring (bicyclic) bond motifs is 2. The molecule has 1 saturated heterocycles. The summed E-state index contributed by atoms with van der Waals surface area (Å²) in [5.41, 5.74) is 7.69. The largest absolute Gasteiger partial charge is 0.444 e. The molecule has 3 aromatic heterocycles. The van der Waals surface area contributed by atoms with E-state index < -0.39 is 5.60 Å². The maximum Gasteiger partial charge on any atom is 0.410 e. The number of aromatic amines is 1. The molecule has 42 heavy (non-hydrogen) atoms. The number of aryl methyl sites for hydroxylation is 1. The minimum Gasteiger partial charge on any atom is -0.444 e. The highest BCUT2D eigenvalue weighted by Crippen LogP contribution is 2.41. The van der Waals surface area contributed by atoms with E-state index in [0.717, 1.165) is 71.0 Å². The Morgan fingerprint density at radius 1 is 1.05 bits per heavy atom. The van der Waals surface area contributed by atoms with Crippen LogP contribution in [0.4, 0.5) is 4.79 Å². The molecule has 0 radical (unpaired) electrons. The molecule has 4 aromatic rings. The van der Waals surface area contributed by atoms with Gasteiger partial charge in [0.1, 0.15) is 11.2 Å². The number of amides is 2. The summed E-state index contributed by atoms with van der Waals surface area (Å²) < 4.78 is 7.76. The first-order chi connectivity index (χ1) is 20.1. The van der Waals surface area contributed by atoms with Crippen molar-refractivity contribution in [1.29, 1.82) is 0 Å². The summed E-state index contributed by atoms with van der Waals surface area (Å²) in [7, 11) is 0. The standard InChI is InChI=1S/C33H38N6O3/c1-20-15-34-30-26(20)14-23(16-35-30)22-12-21-9-11-37(31(40)24-17-36-39(18-24)25-7-8-25)19-28(21)27(13-22)29-6-5-10-38(29)32(41)42-33(2,3)4/h12-18,25,29H,5-11,19H2,1-4H3,(H,34,35). The zero-order chi connectivity index (χ0) is 29.2. The third-order valence-corrected chi connectivity index (χ3v) is 8.74. The molecule has 9 nitrogen and oxygen atoms in total. The zero-order valence-electron chi connectivity index (χ0n) is 24.8. The number of H-pyrrole nitrogens is 1. The maximum atomic E-state index is 13.6. The molecule has 0 bridgehead atoms. The third kappa shape index (κ3) is 4.95. The lowest BCUT2D eigenvalue weighted by atomic mass is 9.86. The van der Waals surface area contributed by atoms with Crippen LogP contribution >= 0.6 is 0 Å². The van der Waals surface area contributed by atoms with Crippen molar-refractivity contribution in [3.8, 4) is 11.1 Å². The predicted octanol–water partition coefficient (Wildman–Crippen LogP) is 6.34. The molecule has 1 N–H and O–H groups in total. The second-order valence-corrected chi connectivity index (χ2v) is 13.0. The van der Waals surface area contributed by atoms with Gasteiger partial charge in [0.2, 0.25) is 0 Å². The fourth-order valence-corrected chi connectivity index (χ4v) is 6.43. The molecule has 1 saturated carbocycles. The van der Waals surface area contributed by atoms with Gasteiger partial charge in [-0.25, -0.2) is 9.78 Å². The van der Waals surface area contributed by atoms with Gasteiger partial charge in [-0.2, -0.15) is 5.10 Å². The molecule has 3 aliphatic rings. The number of nitrogens with one attached hydrogen (secondary N) is 1. The highest BCUT2D eigenvalue weighted by Gasteiger charge is 2.37. The minimum absolute atomic E-state index is 0.00980. The highest BCUT2D eigenvalue weighted by atomic mass is 16.6. The Bertz CT molecular complexity index is 1690. The summed E-state index contributed by atoms with van der Waals surface area (Å²) in [6.45, 7) is 9.58. The van der Waals surface area contributed by atoms with Crippen molar-refractivity contribution in [3.05, 3.63) is 70.8 Å². The SMILES string of the molecule is Cc1c[nH]c2ncc(-c3cc4c(c(C5CCCN5C(=O)OC(C)(C)C)c3)CN(C(=O)c3cnn(C5CC5)c3)CC4)cc12. The molecule has 2 fully saturated rings. The second-order valence-electron chi connectivity index (χ2n) is 13.0. The fraction of sp³-hybridized carbons (Fsp3) is 0.455. The van der Waals surface area contributed by atoms with Crippen molar-refractivity contribution >= 4 is 23.0 Å². The Hall–Kier alpha value is -4.14. The molecule has 9 heteroatoms. The number of benzene rings is 1. The van der Waals surface area contributed by atoms with Crippen molar-refractivity contribution in [2.24, 2.45) is 0 Å². The molecular weight excluding hydrogens is 528 g/mol. The van der Waals surface area contributed by atoms with E-state index in [1.807, 2.05) is 53.8 Å². The summed E-state index contributed by atoms with van der Waals surface area (Å²) in [6.07, 6.45) is 12.0. The number of nitrogens with zero attached hydrogens (tertiary/aromatic N) is 5. The number of aromatic nitrogens is 4. The number of carbonyl (C=O) groups is 2. The van der Waals surface area contributed by atoms with E-state index in [1.165, 1.54) is 5.56 Å². The molecule has 1 aliphatic carbocycles. The van der Waals surface area contributed by atoms with Crippen LogP contribution in [-0.4, -0.2) is 60.2 Å². The van der Waals surface area contributed by atoms with Gasteiger partial charge in [-0.05, 0) is 99.7 Å². The molecule has 2 amide bonds. The second kappa shape index (κ2) is 10.00. The van der Waals surface area contributed by atoms with Crippen molar-refractivity contribution < 1.29 is 14.3 Å². The predicted molar refractivity (Wildman–Crippen MR) is 160 cm³/mol. The van der Waals surface area contributed by atoms with Crippen molar-refractivity contribution in [1.82, 2.24) is 29.5 Å². The van der Waals surface area contributed by atoms with E-state index in [0.29, 0.717) is 31.2 Å². The number of pyridine rings is 1. The number of hydrogen-bond donors (Lipinski definition) is 1. The number of likely N-dealkylation sites (tertiary alicyclic amines) is 1. The van der Waals surface area contributed by atoms with Crippen LogP contribution in [0.3, 0.4) is 0 Å². The van der Waals surface area contributed by atoms with Gasteiger partial charge in [-0.15, -0.1) is 0 Å². The molecule has 1 atom stereocenters. The van der Waals surface area contributed by atoms with Gasteiger partial charge in [-0.1, -0.05) is 6.07 Å². The van der Waals surface area contributed by atoms with E-state index in [1.54, 1.807) is 6.20 Å². The molecule has 5 heterocycles. The summed E-state index contributed by atoms with van der Waals surface area (Å²) in [5, 5.41) is 5.55. The number of rotatable bonds is 4. The zero-order valence-corrected chi connectivity index (χ0v) is 24.8. The van der Waals surface area contributed by atoms with Gasteiger partial charge >= 0.3 is 6.09 Å². The molecule has 218 valence electrons. The molecule has 0 spiro atoms. The Balaban J connectivity index is 1.27. The van der Waals surface area contributed by atoms with Crippen LogP contribution in [-0.2, 0) is 17.7 Å². The highest BCUT2D eigenvalue weighted by molar-refractivity contribution is 5.94. The average molecular weight is 567 g/mol. The summed E-state index contributed by atoms with van der Waals surface area (Å²) in [4.78, 5) is 38.7. The van der Waals surface area contributed by atoms with E-state index in [2.05, 4.69) is 40.2 Å². The molecule has 1 aromatic carbocycles. The lowest BCUT2D eigenvalue weighted by molar-refractivity contribution is 0.0222. The lowest BCUT2D eigenvalue weighted by Gasteiger charge is -2.34. The Morgan fingerprint density at radius 3 is 2.67 bits per heavy atom. The van der Waals surface area contributed by atoms with Crippen LogP contribution in [0.5, 0.6) is 0 Å². The van der Waals surface area contributed by atoms with Crippen LogP contribution in [0.15, 0.2) is 43.0 Å². The quantitative estimate of drug-likeness (QED) is 0.311. The van der Waals surface area contributed by atoms with Crippen LogP contribution < -0.4 is 0 Å².